The first-order valence-corrected chi connectivity index (χ1v) is 5.53. The molecule has 1 aromatic carbocycles. The van der Waals surface area contributed by atoms with Crippen LogP contribution >= 0.6 is 11.3 Å². The minimum absolute atomic E-state index is 0.0876. The maximum Gasteiger partial charge on any atom is 0.0695 e. The van der Waals surface area contributed by atoms with Gasteiger partial charge in [-0.1, -0.05) is 13.0 Å². The summed E-state index contributed by atoms with van der Waals surface area (Å²) >= 11 is 1.60. The van der Waals surface area contributed by atoms with Crippen molar-refractivity contribution in [3.8, 4) is 0 Å². The fourth-order valence-electron chi connectivity index (χ4n) is 1.62. The first-order valence-electron chi connectivity index (χ1n) is 4.65. The van der Waals surface area contributed by atoms with Gasteiger partial charge >= 0.3 is 0 Å². The Labute approximate surface area is 87.0 Å². The van der Waals surface area contributed by atoms with E-state index in [2.05, 4.69) is 19.1 Å². The van der Waals surface area contributed by atoms with Crippen LogP contribution in [0.25, 0.3) is 10.1 Å². The van der Waals surface area contributed by atoms with Gasteiger partial charge in [-0.05, 0) is 23.6 Å². The van der Waals surface area contributed by atoms with Crippen LogP contribution in [-0.2, 0) is 13.0 Å². The number of aryl methyl sites for hydroxylation is 1. The van der Waals surface area contributed by atoms with Crippen LogP contribution in [0.2, 0.25) is 0 Å². The molecule has 2 aromatic rings. The zero-order valence-electron chi connectivity index (χ0n) is 8.08. The van der Waals surface area contributed by atoms with Crippen molar-refractivity contribution in [3.05, 3.63) is 28.6 Å². The quantitative estimate of drug-likeness (QED) is 0.795. The third kappa shape index (κ3) is 1.38. The molecule has 0 radical (unpaired) electrons. The van der Waals surface area contributed by atoms with Crippen molar-refractivity contribution in [1.82, 2.24) is 0 Å². The number of benzene rings is 1. The molecule has 0 saturated heterocycles. The molecule has 0 spiro atoms. The summed E-state index contributed by atoms with van der Waals surface area (Å²) in [5.74, 6) is 0. The number of fused-ring (bicyclic) bond motifs is 1. The maximum atomic E-state index is 9.23. The number of aliphatic hydroxyl groups is 1. The highest BCUT2D eigenvalue weighted by Crippen LogP contribution is 2.32. The van der Waals surface area contributed by atoms with E-state index in [1.54, 1.807) is 11.3 Å². The Balaban J connectivity index is 2.76. The molecule has 1 aromatic heterocycles. The van der Waals surface area contributed by atoms with Gasteiger partial charge in [0.15, 0.2) is 0 Å². The van der Waals surface area contributed by atoms with Crippen LogP contribution < -0.4 is 5.73 Å². The highest BCUT2D eigenvalue weighted by Gasteiger charge is 2.07. The van der Waals surface area contributed by atoms with Crippen molar-refractivity contribution < 1.29 is 5.11 Å². The Morgan fingerprint density at radius 1 is 1.43 bits per heavy atom. The van der Waals surface area contributed by atoms with E-state index in [4.69, 9.17) is 5.73 Å². The number of aliphatic hydroxyl groups excluding tert-OH is 1. The molecule has 2 nitrogen and oxygen atoms in total. The SMILES string of the molecule is CCc1cc(CO)c2scc(N)c2c1. The summed E-state index contributed by atoms with van der Waals surface area (Å²) in [6.45, 7) is 2.19. The molecule has 0 amide bonds. The minimum Gasteiger partial charge on any atom is -0.398 e. The second-order valence-electron chi connectivity index (χ2n) is 3.33. The molecule has 0 aliphatic heterocycles. The predicted molar refractivity (Wildman–Crippen MR) is 61.5 cm³/mol. The van der Waals surface area contributed by atoms with Crippen molar-refractivity contribution in [2.75, 3.05) is 5.73 Å². The molecule has 3 N–H and O–H groups in total. The summed E-state index contributed by atoms with van der Waals surface area (Å²) in [7, 11) is 0. The Kier molecular flexibility index (Phi) is 2.44. The lowest BCUT2D eigenvalue weighted by Gasteiger charge is -2.03. The Morgan fingerprint density at radius 3 is 2.86 bits per heavy atom. The predicted octanol–water partition coefficient (Wildman–Crippen LogP) is 2.54. The van der Waals surface area contributed by atoms with Gasteiger partial charge in [0.05, 0.1) is 12.3 Å². The Morgan fingerprint density at radius 2 is 2.21 bits per heavy atom. The van der Waals surface area contributed by atoms with Crippen LogP contribution in [0.3, 0.4) is 0 Å². The van der Waals surface area contributed by atoms with E-state index in [-0.39, 0.29) is 6.61 Å². The molecule has 0 atom stereocenters. The minimum atomic E-state index is 0.0876. The van der Waals surface area contributed by atoms with Crippen molar-refractivity contribution in [1.29, 1.82) is 0 Å². The van der Waals surface area contributed by atoms with Crippen molar-refractivity contribution in [2.45, 2.75) is 20.0 Å². The Bertz CT molecular complexity index is 462. The number of hydrogen-bond acceptors (Lipinski definition) is 3. The molecule has 2 rings (SSSR count). The number of nitrogens with two attached hydrogens (primary N) is 1. The van der Waals surface area contributed by atoms with Crippen LogP contribution in [0.4, 0.5) is 5.69 Å². The highest BCUT2D eigenvalue weighted by molar-refractivity contribution is 7.18. The number of thiophene rings is 1. The van der Waals surface area contributed by atoms with E-state index in [1.807, 2.05) is 5.38 Å². The van der Waals surface area contributed by atoms with E-state index < -0.39 is 0 Å². The van der Waals surface area contributed by atoms with Crippen molar-refractivity contribution >= 4 is 27.1 Å². The average molecular weight is 207 g/mol. The molecular weight excluding hydrogens is 194 g/mol. The first kappa shape index (κ1) is 9.49. The summed E-state index contributed by atoms with van der Waals surface area (Å²) in [4.78, 5) is 0. The molecule has 0 bridgehead atoms. The molecule has 0 fully saturated rings. The standard InChI is InChI=1S/C11H13NOS/c1-2-7-3-8(5-13)11-9(4-7)10(12)6-14-11/h3-4,6,13H,2,5,12H2,1H3. The third-order valence-corrected chi connectivity index (χ3v) is 3.51. The zero-order valence-corrected chi connectivity index (χ0v) is 8.90. The Hall–Kier alpha value is -1.06. The number of nitrogen functional groups attached to an aromatic ring is 1. The summed E-state index contributed by atoms with van der Waals surface area (Å²) in [5, 5.41) is 12.2. The van der Waals surface area contributed by atoms with Gasteiger partial charge in [0.25, 0.3) is 0 Å². The molecule has 0 saturated carbocycles. The summed E-state index contributed by atoms with van der Waals surface area (Å²) < 4.78 is 1.11. The second kappa shape index (κ2) is 3.59. The lowest BCUT2D eigenvalue weighted by molar-refractivity contribution is 0.283. The van der Waals surface area contributed by atoms with Crippen LogP contribution in [0.5, 0.6) is 0 Å². The number of hydrogen-bond donors (Lipinski definition) is 2. The van der Waals surface area contributed by atoms with Gasteiger partial charge < -0.3 is 10.8 Å². The van der Waals surface area contributed by atoms with Crippen LogP contribution in [0, 0.1) is 0 Å². The topological polar surface area (TPSA) is 46.2 Å². The van der Waals surface area contributed by atoms with Gasteiger partial charge in [-0.15, -0.1) is 11.3 Å². The molecular formula is C11H13NOS. The molecule has 0 aliphatic carbocycles. The monoisotopic (exact) mass is 207 g/mol. The lowest BCUT2D eigenvalue weighted by atomic mass is 10.1. The van der Waals surface area contributed by atoms with Gasteiger partial charge in [0.2, 0.25) is 0 Å². The normalized spacial score (nSPS) is 11.0. The zero-order chi connectivity index (χ0) is 10.1. The van der Waals surface area contributed by atoms with E-state index in [9.17, 15) is 5.11 Å². The number of anilines is 1. The van der Waals surface area contributed by atoms with Crippen LogP contribution in [0.15, 0.2) is 17.5 Å². The van der Waals surface area contributed by atoms with Crippen molar-refractivity contribution in [2.24, 2.45) is 0 Å². The second-order valence-corrected chi connectivity index (χ2v) is 4.21. The van der Waals surface area contributed by atoms with Gasteiger partial charge in [0.1, 0.15) is 0 Å². The van der Waals surface area contributed by atoms with E-state index in [1.165, 1.54) is 5.56 Å². The van der Waals surface area contributed by atoms with Crippen LogP contribution in [-0.4, -0.2) is 5.11 Å². The maximum absolute atomic E-state index is 9.23. The fraction of sp³-hybridized carbons (Fsp3) is 0.273. The summed E-state index contributed by atoms with van der Waals surface area (Å²) in [5.41, 5.74) is 8.88. The first-order chi connectivity index (χ1) is 6.76. The van der Waals surface area contributed by atoms with Gasteiger partial charge in [-0.2, -0.15) is 0 Å². The van der Waals surface area contributed by atoms with E-state index in [0.29, 0.717) is 0 Å². The van der Waals surface area contributed by atoms with Crippen LogP contribution in [0.1, 0.15) is 18.1 Å². The lowest BCUT2D eigenvalue weighted by Crippen LogP contribution is -1.89. The molecule has 1 heterocycles. The third-order valence-electron chi connectivity index (χ3n) is 2.42. The van der Waals surface area contributed by atoms with Gasteiger partial charge in [0, 0.05) is 15.5 Å². The fourth-order valence-corrected chi connectivity index (χ4v) is 2.57. The molecule has 74 valence electrons. The largest absolute Gasteiger partial charge is 0.398 e. The highest BCUT2D eigenvalue weighted by atomic mass is 32.1. The smallest absolute Gasteiger partial charge is 0.0695 e. The molecule has 0 aliphatic rings. The van der Waals surface area contributed by atoms with Crippen molar-refractivity contribution in [3.63, 3.8) is 0 Å². The van der Waals surface area contributed by atoms with Gasteiger partial charge in [-0.3, -0.25) is 0 Å². The molecule has 3 heteroatoms. The summed E-state index contributed by atoms with van der Waals surface area (Å²) in [6, 6.07) is 4.17. The average Bonchev–Trinajstić information content (AvgIpc) is 2.59. The number of rotatable bonds is 2. The summed E-state index contributed by atoms with van der Waals surface area (Å²) in [6.07, 6.45) is 0.970. The van der Waals surface area contributed by atoms with Gasteiger partial charge in [-0.25, -0.2) is 0 Å². The molecule has 14 heavy (non-hydrogen) atoms. The molecule has 0 unspecified atom stereocenters. The van der Waals surface area contributed by atoms with E-state index in [0.717, 1.165) is 27.8 Å². The van der Waals surface area contributed by atoms with E-state index >= 15 is 0 Å².